The van der Waals surface area contributed by atoms with E-state index in [1.165, 1.54) is 31.4 Å². The van der Waals surface area contributed by atoms with Gasteiger partial charge in [-0.25, -0.2) is 4.39 Å². The first-order valence-electron chi connectivity index (χ1n) is 7.95. The fourth-order valence-electron chi connectivity index (χ4n) is 3.46. The highest BCUT2D eigenvalue weighted by molar-refractivity contribution is 5.84. The van der Waals surface area contributed by atoms with E-state index in [1.807, 2.05) is 17.9 Å². The van der Waals surface area contributed by atoms with Crippen LogP contribution in [-0.4, -0.2) is 22.9 Å². The molecule has 1 heterocycles. The first kappa shape index (κ1) is 14.5. The molecule has 1 saturated heterocycles. The van der Waals surface area contributed by atoms with E-state index in [2.05, 4.69) is 12.2 Å². The highest BCUT2D eigenvalue weighted by atomic mass is 19.1. The zero-order valence-corrected chi connectivity index (χ0v) is 12.7. The molecule has 0 spiro atoms. The number of rotatable bonds is 4. The summed E-state index contributed by atoms with van der Waals surface area (Å²) in [7, 11) is 0. The van der Waals surface area contributed by atoms with Gasteiger partial charge in [0.05, 0.1) is 6.04 Å². The van der Waals surface area contributed by atoms with Crippen LogP contribution in [0, 0.1) is 11.7 Å². The van der Waals surface area contributed by atoms with Gasteiger partial charge in [0.15, 0.2) is 0 Å². The van der Waals surface area contributed by atoms with Gasteiger partial charge in [0.2, 0.25) is 5.91 Å². The topological polar surface area (TPSA) is 32.3 Å². The van der Waals surface area contributed by atoms with Crippen LogP contribution in [-0.2, 0) is 4.79 Å². The van der Waals surface area contributed by atoms with Crippen LogP contribution in [0.5, 0.6) is 0 Å². The van der Waals surface area contributed by atoms with Gasteiger partial charge in [0.1, 0.15) is 12.0 Å². The lowest BCUT2D eigenvalue weighted by atomic mass is 9.79. The van der Waals surface area contributed by atoms with Crippen LogP contribution in [0.15, 0.2) is 24.3 Å². The van der Waals surface area contributed by atoms with Crippen molar-refractivity contribution >= 4 is 5.91 Å². The molecule has 21 heavy (non-hydrogen) atoms. The average Bonchev–Trinajstić information content (AvgIpc) is 2.73. The molecule has 2 fully saturated rings. The second-order valence-electron chi connectivity index (χ2n) is 6.26. The molecule has 114 valence electrons. The Bertz CT molecular complexity index is 529. The number of halogens is 1. The third-order valence-electron chi connectivity index (χ3n) is 5.03. The number of hydrogen-bond acceptors (Lipinski definition) is 2. The molecule has 1 aliphatic carbocycles. The van der Waals surface area contributed by atoms with Crippen molar-refractivity contribution in [3.63, 3.8) is 0 Å². The molecule has 0 radical (unpaired) electrons. The number of amides is 1. The lowest BCUT2D eigenvalue weighted by molar-refractivity contribution is -0.133. The summed E-state index contributed by atoms with van der Waals surface area (Å²) in [4.78, 5) is 14.6. The van der Waals surface area contributed by atoms with E-state index < -0.39 is 0 Å². The highest BCUT2D eigenvalue weighted by Gasteiger charge is 2.43. The fraction of sp³-hybridized carbons (Fsp3) is 0.588. The van der Waals surface area contributed by atoms with Crippen molar-refractivity contribution in [2.24, 2.45) is 5.92 Å². The molecule has 1 aliphatic heterocycles. The smallest absolute Gasteiger partial charge is 0.241 e. The molecule has 3 unspecified atom stereocenters. The van der Waals surface area contributed by atoms with Crippen LogP contribution in [0.3, 0.4) is 0 Å². The van der Waals surface area contributed by atoms with E-state index in [0.717, 1.165) is 12.0 Å². The Morgan fingerprint density at radius 2 is 2.19 bits per heavy atom. The lowest BCUT2D eigenvalue weighted by Gasteiger charge is -2.39. The maximum atomic E-state index is 13.5. The molecule has 2 aliphatic rings. The van der Waals surface area contributed by atoms with Gasteiger partial charge in [-0.2, -0.15) is 0 Å². The molecular weight excluding hydrogens is 267 g/mol. The molecule has 0 aromatic heterocycles. The van der Waals surface area contributed by atoms with Crippen LogP contribution in [0.2, 0.25) is 0 Å². The Kier molecular flexibility index (Phi) is 3.98. The quantitative estimate of drug-likeness (QED) is 0.923. The van der Waals surface area contributed by atoms with Gasteiger partial charge in [-0.15, -0.1) is 0 Å². The molecule has 1 N–H and O–H groups in total. The molecule has 3 rings (SSSR count). The number of nitrogens with one attached hydrogen (secondary N) is 1. The van der Waals surface area contributed by atoms with E-state index in [0.29, 0.717) is 5.92 Å². The maximum absolute atomic E-state index is 13.5. The van der Waals surface area contributed by atoms with E-state index in [9.17, 15) is 9.18 Å². The van der Waals surface area contributed by atoms with Gasteiger partial charge in [0, 0.05) is 6.04 Å². The van der Waals surface area contributed by atoms with Gasteiger partial charge < -0.3 is 4.90 Å². The largest absolute Gasteiger partial charge is 0.319 e. The van der Waals surface area contributed by atoms with Gasteiger partial charge in [-0.05, 0) is 49.8 Å². The predicted octanol–water partition coefficient (Wildman–Crippen LogP) is 3.22. The van der Waals surface area contributed by atoms with Crippen molar-refractivity contribution in [3.8, 4) is 0 Å². The number of carbonyl (C=O) groups excluding carboxylic acids is 1. The van der Waals surface area contributed by atoms with Crippen molar-refractivity contribution in [1.82, 2.24) is 10.2 Å². The van der Waals surface area contributed by atoms with E-state index >= 15 is 0 Å². The van der Waals surface area contributed by atoms with Crippen LogP contribution < -0.4 is 5.32 Å². The number of nitrogens with zero attached hydrogens (tertiary/aromatic N) is 1. The second kappa shape index (κ2) is 5.76. The van der Waals surface area contributed by atoms with Crippen LogP contribution >= 0.6 is 0 Å². The molecule has 3 atom stereocenters. The van der Waals surface area contributed by atoms with Gasteiger partial charge in [0.25, 0.3) is 0 Å². The minimum absolute atomic E-state index is 0.152. The molecule has 0 bridgehead atoms. The first-order valence-corrected chi connectivity index (χ1v) is 7.95. The summed E-state index contributed by atoms with van der Waals surface area (Å²) in [6.07, 6.45) is 4.20. The highest BCUT2D eigenvalue weighted by Crippen LogP contribution is 2.37. The summed E-state index contributed by atoms with van der Waals surface area (Å²) in [6.45, 7) is 4.14. The fourth-order valence-corrected chi connectivity index (χ4v) is 3.46. The van der Waals surface area contributed by atoms with Crippen molar-refractivity contribution < 1.29 is 9.18 Å². The second-order valence-corrected chi connectivity index (χ2v) is 6.26. The third kappa shape index (κ3) is 2.57. The molecule has 1 aromatic rings. The Morgan fingerprint density at radius 1 is 1.43 bits per heavy atom. The Labute approximate surface area is 125 Å². The number of hydrogen-bond donors (Lipinski definition) is 1. The molecule has 4 heteroatoms. The number of carbonyl (C=O) groups is 1. The average molecular weight is 290 g/mol. The summed E-state index contributed by atoms with van der Waals surface area (Å²) < 4.78 is 13.5. The maximum Gasteiger partial charge on any atom is 0.241 e. The van der Waals surface area contributed by atoms with Crippen LogP contribution in [0.25, 0.3) is 0 Å². The molecule has 3 nitrogen and oxygen atoms in total. The van der Waals surface area contributed by atoms with Crippen molar-refractivity contribution in [2.75, 3.05) is 0 Å². The van der Waals surface area contributed by atoms with Gasteiger partial charge in [-0.3, -0.25) is 10.1 Å². The zero-order valence-electron chi connectivity index (χ0n) is 12.7. The zero-order chi connectivity index (χ0) is 15.0. The third-order valence-corrected chi connectivity index (χ3v) is 5.03. The summed E-state index contributed by atoms with van der Waals surface area (Å²) in [5.41, 5.74) is 0.838. The molecular formula is C17H23FN2O. The normalized spacial score (nSPS) is 27.8. The van der Waals surface area contributed by atoms with Gasteiger partial charge in [-0.1, -0.05) is 25.5 Å². The Morgan fingerprint density at radius 3 is 2.76 bits per heavy atom. The summed E-state index contributed by atoms with van der Waals surface area (Å²) in [6, 6.07) is 6.64. The Hall–Kier alpha value is -1.42. The van der Waals surface area contributed by atoms with Crippen LogP contribution in [0.4, 0.5) is 4.39 Å². The minimum Gasteiger partial charge on any atom is -0.319 e. The van der Waals surface area contributed by atoms with E-state index in [-0.39, 0.29) is 30.0 Å². The van der Waals surface area contributed by atoms with Crippen molar-refractivity contribution in [1.29, 1.82) is 0 Å². The molecule has 1 saturated carbocycles. The molecule has 1 aromatic carbocycles. The van der Waals surface area contributed by atoms with Crippen molar-refractivity contribution in [3.05, 3.63) is 35.6 Å². The van der Waals surface area contributed by atoms with E-state index in [1.54, 1.807) is 6.07 Å². The first-order chi connectivity index (χ1) is 10.1. The van der Waals surface area contributed by atoms with Gasteiger partial charge >= 0.3 is 0 Å². The van der Waals surface area contributed by atoms with Crippen molar-refractivity contribution in [2.45, 2.75) is 57.8 Å². The Balaban J connectivity index is 1.90. The lowest BCUT2D eigenvalue weighted by Crippen LogP contribution is -2.44. The monoisotopic (exact) mass is 290 g/mol. The van der Waals surface area contributed by atoms with E-state index in [4.69, 9.17) is 0 Å². The summed E-state index contributed by atoms with van der Waals surface area (Å²) in [5, 5.41) is 3.38. The number of benzene rings is 1. The standard InChI is InChI=1S/C17H23FN2O/c1-3-15-17(21)20(11(2)12-6-4-7-12)16(19-15)13-8-5-9-14(18)10-13/h5,8-12,15-16,19H,3-4,6-7H2,1-2H3. The summed E-state index contributed by atoms with van der Waals surface area (Å²) in [5.74, 6) is 0.492. The molecule has 1 amide bonds. The minimum atomic E-state index is -0.252. The summed E-state index contributed by atoms with van der Waals surface area (Å²) >= 11 is 0. The SMILES string of the molecule is CCC1NC(c2cccc(F)c2)N(C(C)C2CCC2)C1=O. The van der Waals surface area contributed by atoms with Crippen LogP contribution in [0.1, 0.15) is 51.3 Å². The predicted molar refractivity (Wildman–Crippen MR) is 80.0 cm³/mol.